The summed E-state index contributed by atoms with van der Waals surface area (Å²) in [7, 11) is 0. The van der Waals surface area contributed by atoms with Crippen molar-refractivity contribution in [2.75, 3.05) is 6.61 Å². The summed E-state index contributed by atoms with van der Waals surface area (Å²) < 4.78 is 5.81. The zero-order chi connectivity index (χ0) is 17.5. The van der Waals surface area contributed by atoms with Gasteiger partial charge >= 0.3 is 11.7 Å². The molecule has 0 bridgehead atoms. The molecule has 0 aliphatic heterocycles. The Morgan fingerprint density at radius 3 is 2.58 bits per heavy atom. The number of carbonyl (C=O) groups is 2. The van der Waals surface area contributed by atoms with Gasteiger partial charge in [-0.2, -0.15) is 0 Å². The van der Waals surface area contributed by atoms with Crippen LogP contribution in [0.3, 0.4) is 0 Å². The van der Waals surface area contributed by atoms with Crippen LogP contribution in [0, 0.1) is 0 Å². The molecule has 1 aromatic carbocycles. The summed E-state index contributed by atoms with van der Waals surface area (Å²) in [6.07, 6.45) is 1.18. The minimum atomic E-state index is -0.758. The molecule has 0 unspecified atom stereocenters. The number of benzene rings is 1. The van der Waals surface area contributed by atoms with Gasteiger partial charge in [0.1, 0.15) is 6.54 Å². The lowest BCUT2D eigenvalue weighted by Crippen LogP contribution is -2.34. The largest absolute Gasteiger partial charge is 0.454 e. The lowest BCUT2D eigenvalue weighted by atomic mass is 10.1. The topological polar surface area (TPSA) is 110 Å². The van der Waals surface area contributed by atoms with Crippen molar-refractivity contribution in [2.45, 2.75) is 19.5 Å². The second-order valence-corrected chi connectivity index (χ2v) is 5.10. The molecule has 2 N–H and O–H groups in total. The van der Waals surface area contributed by atoms with Gasteiger partial charge in [-0.3, -0.25) is 23.9 Å². The third kappa shape index (κ3) is 4.94. The molecule has 0 aliphatic carbocycles. The highest BCUT2D eigenvalue weighted by Gasteiger charge is 2.12. The van der Waals surface area contributed by atoms with Gasteiger partial charge in [-0.05, 0) is 12.5 Å². The van der Waals surface area contributed by atoms with Gasteiger partial charge in [0.25, 0.3) is 11.5 Å². The molecule has 8 heteroatoms. The first kappa shape index (κ1) is 17.2. The number of hydrogen-bond donors (Lipinski definition) is 2. The molecular formula is C16H17N3O5. The van der Waals surface area contributed by atoms with Gasteiger partial charge in [0.15, 0.2) is 6.61 Å². The van der Waals surface area contributed by atoms with Gasteiger partial charge in [0, 0.05) is 12.3 Å². The molecule has 24 heavy (non-hydrogen) atoms. The van der Waals surface area contributed by atoms with Crippen LogP contribution in [0.1, 0.15) is 18.5 Å². The number of carbonyl (C=O) groups excluding carboxylic acids is 2. The monoisotopic (exact) mass is 331 g/mol. The summed E-state index contributed by atoms with van der Waals surface area (Å²) in [6.45, 7) is 0.972. The minimum Gasteiger partial charge on any atom is -0.454 e. The first-order valence-electron chi connectivity index (χ1n) is 7.25. The van der Waals surface area contributed by atoms with E-state index >= 15 is 0 Å². The summed E-state index contributed by atoms with van der Waals surface area (Å²) in [4.78, 5) is 47.8. The van der Waals surface area contributed by atoms with Crippen LogP contribution in [0.2, 0.25) is 0 Å². The number of H-pyrrole nitrogens is 1. The second kappa shape index (κ2) is 7.91. The van der Waals surface area contributed by atoms with E-state index in [1.807, 2.05) is 42.2 Å². The fraction of sp³-hybridized carbons (Fsp3) is 0.250. The SMILES string of the molecule is C[C@H](NC(=O)COC(=O)Cn1ccc(=O)[nH]c1=O)c1ccccc1. The summed E-state index contributed by atoms with van der Waals surface area (Å²) >= 11 is 0. The molecule has 0 saturated carbocycles. The fourth-order valence-corrected chi connectivity index (χ4v) is 2.01. The number of rotatable bonds is 6. The Balaban J connectivity index is 1.82. The van der Waals surface area contributed by atoms with Crippen molar-refractivity contribution < 1.29 is 14.3 Å². The molecule has 0 aliphatic rings. The lowest BCUT2D eigenvalue weighted by molar-refractivity contribution is -0.149. The standard InChI is InChI=1S/C16H17N3O5/c1-11(12-5-3-2-4-6-12)17-14(21)10-24-15(22)9-19-8-7-13(20)18-16(19)23/h2-8,11H,9-10H2,1H3,(H,17,21)(H,18,20,23)/t11-/m0/s1. The molecule has 1 amide bonds. The normalized spacial score (nSPS) is 11.5. The Bertz CT molecular complexity index is 825. The predicted octanol–water partition coefficient (Wildman–Crippen LogP) is -0.0428. The van der Waals surface area contributed by atoms with E-state index in [4.69, 9.17) is 4.74 Å². The Labute approximate surface area is 137 Å². The molecule has 0 spiro atoms. The van der Waals surface area contributed by atoms with Gasteiger partial charge in [0.2, 0.25) is 0 Å². The van der Waals surface area contributed by atoms with Crippen LogP contribution in [-0.4, -0.2) is 28.0 Å². The number of nitrogens with one attached hydrogen (secondary N) is 2. The Morgan fingerprint density at radius 1 is 1.21 bits per heavy atom. The number of aromatic amines is 1. The van der Waals surface area contributed by atoms with Crippen LogP contribution in [0.15, 0.2) is 52.2 Å². The Morgan fingerprint density at radius 2 is 1.92 bits per heavy atom. The van der Waals surface area contributed by atoms with Gasteiger partial charge in [-0.15, -0.1) is 0 Å². The lowest BCUT2D eigenvalue weighted by Gasteiger charge is -2.14. The Hall–Kier alpha value is -3.16. The van der Waals surface area contributed by atoms with Crippen molar-refractivity contribution in [3.8, 4) is 0 Å². The van der Waals surface area contributed by atoms with Crippen LogP contribution in [0.25, 0.3) is 0 Å². The van der Waals surface area contributed by atoms with Crippen LogP contribution < -0.4 is 16.6 Å². The highest BCUT2D eigenvalue weighted by molar-refractivity contribution is 5.80. The van der Waals surface area contributed by atoms with Crippen LogP contribution in [0.4, 0.5) is 0 Å². The highest BCUT2D eigenvalue weighted by Crippen LogP contribution is 2.10. The van der Waals surface area contributed by atoms with E-state index in [1.165, 1.54) is 6.20 Å². The molecular weight excluding hydrogens is 314 g/mol. The van der Waals surface area contributed by atoms with Crippen molar-refractivity contribution in [3.63, 3.8) is 0 Å². The predicted molar refractivity (Wildman–Crippen MR) is 85.3 cm³/mol. The molecule has 126 valence electrons. The maximum atomic E-state index is 11.8. The van der Waals surface area contributed by atoms with E-state index < -0.39 is 36.3 Å². The average molecular weight is 331 g/mol. The number of nitrogens with zero attached hydrogens (tertiary/aromatic N) is 1. The van der Waals surface area contributed by atoms with E-state index in [9.17, 15) is 19.2 Å². The van der Waals surface area contributed by atoms with E-state index in [2.05, 4.69) is 5.32 Å². The molecule has 1 heterocycles. The van der Waals surface area contributed by atoms with Crippen LogP contribution in [-0.2, 0) is 20.9 Å². The zero-order valence-corrected chi connectivity index (χ0v) is 13.0. The van der Waals surface area contributed by atoms with Crippen molar-refractivity contribution in [3.05, 3.63) is 69.0 Å². The fourth-order valence-electron chi connectivity index (χ4n) is 2.01. The van der Waals surface area contributed by atoms with Crippen LogP contribution >= 0.6 is 0 Å². The first-order valence-corrected chi connectivity index (χ1v) is 7.25. The average Bonchev–Trinajstić information content (AvgIpc) is 2.56. The van der Waals surface area contributed by atoms with Crippen molar-refractivity contribution >= 4 is 11.9 Å². The smallest absolute Gasteiger partial charge is 0.328 e. The minimum absolute atomic E-state index is 0.223. The molecule has 0 saturated heterocycles. The van der Waals surface area contributed by atoms with Crippen LogP contribution in [0.5, 0.6) is 0 Å². The number of amides is 1. The third-order valence-corrected chi connectivity index (χ3v) is 3.24. The third-order valence-electron chi connectivity index (χ3n) is 3.24. The number of esters is 1. The molecule has 2 rings (SSSR count). The van der Waals surface area contributed by atoms with E-state index in [-0.39, 0.29) is 6.04 Å². The van der Waals surface area contributed by atoms with Gasteiger partial charge in [-0.1, -0.05) is 30.3 Å². The Kier molecular flexibility index (Phi) is 5.67. The quantitative estimate of drug-likeness (QED) is 0.722. The summed E-state index contributed by atoms with van der Waals surface area (Å²) in [5.41, 5.74) is -0.350. The molecule has 1 atom stereocenters. The first-order chi connectivity index (χ1) is 11.5. The molecule has 8 nitrogen and oxygen atoms in total. The number of hydrogen-bond acceptors (Lipinski definition) is 5. The van der Waals surface area contributed by atoms with Crippen molar-refractivity contribution in [1.29, 1.82) is 0 Å². The maximum absolute atomic E-state index is 11.8. The number of aromatic nitrogens is 2. The zero-order valence-electron chi connectivity index (χ0n) is 13.0. The van der Waals surface area contributed by atoms with E-state index in [1.54, 1.807) is 0 Å². The summed E-state index contributed by atoms with van der Waals surface area (Å²) in [5.74, 6) is -1.21. The second-order valence-electron chi connectivity index (χ2n) is 5.10. The molecule has 0 fully saturated rings. The van der Waals surface area contributed by atoms with Gasteiger partial charge in [0.05, 0.1) is 6.04 Å². The van der Waals surface area contributed by atoms with Gasteiger partial charge in [-0.25, -0.2) is 4.79 Å². The van der Waals surface area contributed by atoms with E-state index in [0.717, 1.165) is 16.2 Å². The molecule has 2 aromatic rings. The molecule has 1 aromatic heterocycles. The summed E-state index contributed by atoms with van der Waals surface area (Å²) in [5, 5.41) is 2.70. The van der Waals surface area contributed by atoms with Gasteiger partial charge < -0.3 is 10.1 Å². The molecule has 0 radical (unpaired) electrons. The van der Waals surface area contributed by atoms with Crippen molar-refractivity contribution in [2.24, 2.45) is 0 Å². The number of ether oxygens (including phenoxy) is 1. The summed E-state index contributed by atoms with van der Waals surface area (Å²) in [6, 6.07) is 10.2. The maximum Gasteiger partial charge on any atom is 0.328 e. The van der Waals surface area contributed by atoms with Crippen molar-refractivity contribution in [1.82, 2.24) is 14.9 Å². The highest BCUT2D eigenvalue weighted by atomic mass is 16.5. The van der Waals surface area contributed by atoms with E-state index in [0.29, 0.717) is 0 Å².